The van der Waals surface area contributed by atoms with Crippen LogP contribution in [0.25, 0.3) is 0 Å². The highest BCUT2D eigenvalue weighted by Crippen LogP contribution is 2.21. The first-order valence-corrected chi connectivity index (χ1v) is 7.77. The van der Waals surface area contributed by atoms with Crippen LogP contribution < -0.4 is 5.32 Å². The quantitative estimate of drug-likeness (QED) is 0.857. The van der Waals surface area contributed by atoms with E-state index >= 15 is 0 Å². The van der Waals surface area contributed by atoms with Gasteiger partial charge in [0.25, 0.3) is 5.91 Å². The average Bonchev–Trinajstić information content (AvgIpc) is 3.00. The van der Waals surface area contributed by atoms with Crippen molar-refractivity contribution in [1.82, 2.24) is 5.32 Å². The Labute approximate surface area is 126 Å². The molecule has 2 N–H and O–H groups in total. The fourth-order valence-corrected chi connectivity index (χ4v) is 3.47. The monoisotopic (exact) mass is 305 g/mol. The molecule has 2 aromatic rings. The minimum absolute atomic E-state index is 0.0822. The molecule has 2 heterocycles. The van der Waals surface area contributed by atoms with Gasteiger partial charge in [0, 0.05) is 9.75 Å². The zero-order chi connectivity index (χ0) is 14.5. The van der Waals surface area contributed by atoms with E-state index in [0.717, 1.165) is 15.3 Å². The topological polar surface area (TPSA) is 49.3 Å². The summed E-state index contributed by atoms with van der Waals surface area (Å²) in [7, 11) is 0. The van der Waals surface area contributed by atoms with E-state index in [1.165, 1.54) is 16.2 Å². The van der Waals surface area contributed by atoms with Crippen molar-refractivity contribution in [1.29, 1.82) is 0 Å². The molecule has 0 saturated carbocycles. The summed E-state index contributed by atoms with van der Waals surface area (Å²) in [5, 5.41) is 11.6. The van der Waals surface area contributed by atoms with Crippen molar-refractivity contribution in [2.45, 2.75) is 20.4 Å². The fourth-order valence-electron chi connectivity index (χ4n) is 1.67. The Morgan fingerprint density at radius 3 is 2.80 bits per heavy atom. The van der Waals surface area contributed by atoms with Crippen molar-refractivity contribution in [3.05, 3.63) is 43.3 Å². The van der Waals surface area contributed by atoms with Crippen LogP contribution in [0.1, 0.15) is 29.9 Å². The third kappa shape index (κ3) is 3.70. The van der Waals surface area contributed by atoms with Gasteiger partial charge in [-0.15, -0.1) is 22.7 Å². The summed E-state index contributed by atoms with van der Waals surface area (Å²) in [5.74, 6) is 5.38. The molecule has 0 bridgehead atoms. The number of carbonyl (C=O) groups excluding carboxylic acids is 1. The molecule has 20 heavy (non-hydrogen) atoms. The Hall–Kier alpha value is -1.61. The Morgan fingerprint density at radius 1 is 1.35 bits per heavy atom. The van der Waals surface area contributed by atoms with Crippen LogP contribution in [0, 0.1) is 25.7 Å². The lowest BCUT2D eigenvalue weighted by molar-refractivity contribution is 0.0955. The molecule has 5 heteroatoms. The number of aryl methyl sites for hydroxylation is 2. The Kier molecular flexibility index (Phi) is 4.96. The summed E-state index contributed by atoms with van der Waals surface area (Å²) in [4.78, 5) is 15.9. The van der Waals surface area contributed by atoms with Gasteiger partial charge in [0.15, 0.2) is 0 Å². The third-order valence-electron chi connectivity index (χ3n) is 2.64. The molecule has 0 fully saturated rings. The SMILES string of the molecule is Cc1ccc(CNC(=O)c2cc(C)c(C#CCO)s2)s1. The van der Waals surface area contributed by atoms with Gasteiger partial charge in [0.1, 0.15) is 6.61 Å². The van der Waals surface area contributed by atoms with Crippen molar-refractivity contribution in [2.24, 2.45) is 0 Å². The molecule has 2 aromatic heterocycles. The molecule has 0 atom stereocenters. The minimum Gasteiger partial charge on any atom is -0.384 e. The van der Waals surface area contributed by atoms with Crippen molar-refractivity contribution >= 4 is 28.6 Å². The van der Waals surface area contributed by atoms with Crippen molar-refractivity contribution in [2.75, 3.05) is 6.61 Å². The predicted molar refractivity (Wildman–Crippen MR) is 83.2 cm³/mol. The van der Waals surface area contributed by atoms with Gasteiger partial charge in [-0.25, -0.2) is 0 Å². The van der Waals surface area contributed by atoms with Crippen molar-refractivity contribution in [3.63, 3.8) is 0 Å². The second-order valence-corrected chi connectivity index (χ2v) is 6.70. The maximum absolute atomic E-state index is 12.1. The normalized spacial score (nSPS) is 9.95. The van der Waals surface area contributed by atoms with Gasteiger partial charge in [0.05, 0.1) is 16.3 Å². The molecule has 1 amide bonds. The van der Waals surface area contributed by atoms with Crippen LogP contribution in [0.15, 0.2) is 18.2 Å². The first-order chi connectivity index (χ1) is 9.60. The Morgan fingerprint density at radius 2 is 2.15 bits per heavy atom. The molecule has 2 rings (SSSR count). The molecule has 0 aromatic carbocycles. The first-order valence-electron chi connectivity index (χ1n) is 6.14. The summed E-state index contributed by atoms with van der Waals surface area (Å²) in [6, 6.07) is 5.91. The molecule has 0 spiro atoms. The molecule has 0 radical (unpaired) electrons. The van der Waals surface area contributed by atoms with Crippen LogP contribution >= 0.6 is 22.7 Å². The van der Waals surface area contributed by atoms with E-state index in [1.807, 2.05) is 32.0 Å². The van der Waals surface area contributed by atoms with E-state index in [2.05, 4.69) is 17.2 Å². The zero-order valence-electron chi connectivity index (χ0n) is 11.3. The van der Waals surface area contributed by atoms with E-state index in [0.29, 0.717) is 11.4 Å². The summed E-state index contributed by atoms with van der Waals surface area (Å²) < 4.78 is 0. The highest BCUT2D eigenvalue weighted by Gasteiger charge is 2.11. The number of thiophene rings is 2. The largest absolute Gasteiger partial charge is 0.384 e. The fraction of sp³-hybridized carbons (Fsp3) is 0.267. The summed E-state index contributed by atoms with van der Waals surface area (Å²) in [5.41, 5.74) is 0.966. The lowest BCUT2D eigenvalue weighted by atomic mass is 10.2. The smallest absolute Gasteiger partial charge is 0.261 e. The van der Waals surface area contributed by atoms with Gasteiger partial charge in [-0.1, -0.05) is 11.8 Å². The summed E-state index contributed by atoms with van der Waals surface area (Å²) in [6.45, 7) is 4.34. The number of carbonyl (C=O) groups is 1. The van der Waals surface area contributed by atoms with Gasteiger partial charge in [-0.3, -0.25) is 4.79 Å². The molecule has 0 aliphatic heterocycles. The summed E-state index contributed by atoms with van der Waals surface area (Å²) in [6.07, 6.45) is 0. The molecule has 3 nitrogen and oxygen atoms in total. The zero-order valence-corrected chi connectivity index (χ0v) is 13.0. The van der Waals surface area contributed by atoms with Gasteiger partial charge < -0.3 is 10.4 Å². The molecule has 104 valence electrons. The number of hydrogen-bond donors (Lipinski definition) is 2. The van der Waals surface area contributed by atoms with Crippen LogP contribution in [0.2, 0.25) is 0 Å². The maximum atomic E-state index is 12.1. The highest BCUT2D eigenvalue weighted by atomic mass is 32.1. The number of amides is 1. The third-order valence-corrected chi connectivity index (χ3v) is 4.79. The van der Waals surface area contributed by atoms with E-state index in [1.54, 1.807) is 11.3 Å². The van der Waals surface area contributed by atoms with Crippen LogP contribution in [0.3, 0.4) is 0 Å². The van der Waals surface area contributed by atoms with Gasteiger partial charge >= 0.3 is 0 Å². The van der Waals surface area contributed by atoms with Gasteiger partial charge in [-0.2, -0.15) is 0 Å². The van der Waals surface area contributed by atoms with E-state index in [9.17, 15) is 4.79 Å². The van der Waals surface area contributed by atoms with E-state index in [-0.39, 0.29) is 12.5 Å². The Balaban J connectivity index is 2.02. The molecular weight excluding hydrogens is 290 g/mol. The minimum atomic E-state index is -0.170. The lowest BCUT2D eigenvalue weighted by Gasteiger charge is -2.00. The number of hydrogen-bond acceptors (Lipinski definition) is 4. The van der Waals surface area contributed by atoms with E-state index in [4.69, 9.17) is 5.11 Å². The van der Waals surface area contributed by atoms with Gasteiger partial charge in [0.2, 0.25) is 0 Å². The van der Waals surface area contributed by atoms with Crippen molar-refractivity contribution < 1.29 is 9.90 Å². The van der Waals surface area contributed by atoms with Gasteiger partial charge in [-0.05, 0) is 37.6 Å². The lowest BCUT2D eigenvalue weighted by Crippen LogP contribution is -2.21. The van der Waals surface area contributed by atoms with Crippen LogP contribution in [-0.4, -0.2) is 17.6 Å². The number of nitrogens with one attached hydrogen (secondary N) is 1. The maximum Gasteiger partial charge on any atom is 0.261 e. The highest BCUT2D eigenvalue weighted by molar-refractivity contribution is 7.14. The molecule has 0 saturated heterocycles. The molecule has 0 aliphatic rings. The van der Waals surface area contributed by atoms with E-state index < -0.39 is 0 Å². The molecular formula is C15H15NO2S2. The van der Waals surface area contributed by atoms with Crippen LogP contribution in [-0.2, 0) is 6.54 Å². The summed E-state index contributed by atoms with van der Waals surface area (Å²) >= 11 is 3.04. The predicted octanol–water partition coefficient (Wildman–Crippen LogP) is 2.70. The second kappa shape index (κ2) is 6.71. The first kappa shape index (κ1) is 14.8. The second-order valence-electron chi connectivity index (χ2n) is 4.28. The number of aliphatic hydroxyl groups excluding tert-OH is 1. The molecule has 0 aliphatic carbocycles. The Bertz CT molecular complexity index is 674. The molecule has 0 unspecified atom stereocenters. The van der Waals surface area contributed by atoms with Crippen molar-refractivity contribution in [3.8, 4) is 11.8 Å². The van der Waals surface area contributed by atoms with Crippen LogP contribution in [0.4, 0.5) is 0 Å². The average molecular weight is 305 g/mol. The standard InChI is InChI=1S/C15H15NO2S2/c1-10-8-14(20-13(10)4-3-7-17)15(18)16-9-12-6-5-11(2)19-12/h5-6,8,17H,7,9H2,1-2H3,(H,16,18). The van der Waals surface area contributed by atoms with Crippen LogP contribution in [0.5, 0.6) is 0 Å². The number of rotatable bonds is 3. The number of aliphatic hydroxyl groups is 1.